The molecule has 2 radical (unpaired) electrons. The van der Waals surface area contributed by atoms with E-state index in [1.165, 1.54) is 5.56 Å². The van der Waals surface area contributed by atoms with Gasteiger partial charge in [-0.05, 0) is 45.7 Å². The Bertz CT molecular complexity index is 1220. The lowest BCUT2D eigenvalue weighted by Gasteiger charge is -2.27. The normalized spacial score (nSPS) is 13.8. The molecular weight excluding hydrogens is 390 g/mol. The van der Waals surface area contributed by atoms with Gasteiger partial charge in [-0.2, -0.15) is 10.1 Å². The second kappa shape index (κ2) is 7.64. The van der Waals surface area contributed by atoms with Crippen LogP contribution in [0.2, 0.25) is 0 Å². The summed E-state index contributed by atoms with van der Waals surface area (Å²) in [6.07, 6.45) is 6.39. The third kappa shape index (κ3) is 3.49. The summed E-state index contributed by atoms with van der Waals surface area (Å²) in [4.78, 5) is 20.5. The number of anilines is 3. The summed E-state index contributed by atoms with van der Waals surface area (Å²) in [6.45, 7) is 13.4. The van der Waals surface area contributed by atoms with Gasteiger partial charge >= 0.3 is 0 Å². The van der Waals surface area contributed by atoms with Crippen LogP contribution >= 0.6 is 0 Å². The number of pyridine rings is 1. The minimum atomic E-state index is 0.318. The first-order valence-electron chi connectivity index (χ1n) is 10.4. The minimum absolute atomic E-state index is 0.318. The van der Waals surface area contributed by atoms with Gasteiger partial charge in [0.15, 0.2) is 0 Å². The average Bonchev–Trinajstić information content (AvgIpc) is 3.32. The molecule has 0 aliphatic carbocycles. The molecule has 0 aromatic carbocycles. The maximum atomic E-state index is 4.73. The fraction of sp³-hybridized carbons (Fsp3) is 0.318. The number of nitrogens with one attached hydrogen (secondary N) is 1. The molecule has 4 aromatic heterocycles. The molecular formula is C22H25N9. The molecule has 0 spiro atoms. The molecule has 31 heavy (non-hydrogen) atoms. The van der Waals surface area contributed by atoms with E-state index in [2.05, 4.69) is 55.6 Å². The van der Waals surface area contributed by atoms with Gasteiger partial charge in [-0.3, -0.25) is 4.68 Å². The van der Waals surface area contributed by atoms with E-state index >= 15 is 0 Å². The average molecular weight is 416 g/mol. The largest absolute Gasteiger partial charge is 0.335 e. The van der Waals surface area contributed by atoms with Gasteiger partial charge in [-0.15, -0.1) is 0 Å². The van der Waals surface area contributed by atoms with Crippen LogP contribution in [0.1, 0.15) is 37.0 Å². The summed E-state index contributed by atoms with van der Waals surface area (Å²) >= 11 is 0. The Kier molecular flexibility index (Phi) is 4.80. The zero-order chi connectivity index (χ0) is 21.5. The number of aryl methyl sites for hydroxylation is 1. The predicted molar refractivity (Wildman–Crippen MR) is 120 cm³/mol. The molecule has 0 unspecified atom stereocenters. The standard InChI is InChI=1S/C22H25N9/c1-5-30-19-13-29(9-7-16(19)11-25-30)22-23-8-6-20(28-22)27-21-10-18-17(12-24-21)26-15(4)31(18)14(2)3/h5-6,8,10-12,14H,1,7,9,13H2,2-4H3,(H,23,24,27,28). The van der Waals surface area contributed by atoms with Crippen LogP contribution in [0.3, 0.4) is 0 Å². The lowest BCUT2D eigenvalue weighted by Crippen LogP contribution is -2.32. The highest BCUT2D eigenvalue weighted by Gasteiger charge is 2.22. The minimum Gasteiger partial charge on any atom is -0.335 e. The Balaban J connectivity index is 1.40. The van der Waals surface area contributed by atoms with Gasteiger partial charge < -0.3 is 14.8 Å². The zero-order valence-corrected chi connectivity index (χ0v) is 17.9. The van der Waals surface area contributed by atoms with Gasteiger partial charge in [0.25, 0.3) is 0 Å². The molecule has 0 bridgehead atoms. The summed E-state index contributed by atoms with van der Waals surface area (Å²) in [7, 11) is 0. The fourth-order valence-corrected chi connectivity index (χ4v) is 4.19. The lowest BCUT2D eigenvalue weighted by molar-refractivity contribution is 0.600. The number of fused-ring (bicyclic) bond motifs is 2. The second-order valence-corrected chi connectivity index (χ2v) is 7.96. The second-order valence-electron chi connectivity index (χ2n) is 7.96. The SMILES string of the molecule is [CH2][CH]n1ncc2c1CN(c1nccc(Nc3cc4c(cn3)nc(C)n4C(C)C)n1)CC2. The van der Waals surface area contributed by atoms with E-state index in [1.54, 1.807) is 18.9 Å². The summed E-state index contributed by atoms with van der Waals surface area (Å²) in [5.41, 5.74) is 4.33. The van der Waals surface area contributed by atoms with Crippen LogP contribution in [0, 0.1) is 20.4 Å². The van der Waals surface area contributed by atoms with Gasteiger partial charge in [-0.1, -0.05) is 0 Å². The number of hydrogen-bond donors (Lipinski definition) is 1. The number of nitrogens with zero attached hydrogens (tertiary/aromatic N) is 8. The summed E-state index contributed by atoms with van der Waals surface area (Å²) < 4.78 is 4.03. The first-order valence-corrected chi connectivity index (χ1v) is 10.4. The molecule has 0 saturated heterocycles. The lowest BCUT2D eigenvalue weighted by atomic mass is 10.1. The maximum absolute atomic E-state index is 4.73. The Morgan fingerprint density at radius 2 is 2.03 bits per heavy atom. The van der Waals surface area contributed by atoms with Crippen molar-refractivity contribution >= 4 is 28.6 Å². The molecule has 0 fully saturated rings. The van der Waals surface area contributed by atoms with Crippen molar-refractivity contribution in [2.45, 2.75) is 39.8 Å². The molecule has 1 aliphatic rings. The number of rotatable bonds is 5. The molecule has 158 valence electrons. The van der Waals surface area contributed by atoms with E-state index in [4.69, 9.17) is 4.98 Å². The molecule has 1 aliphatic heterocycles. The number of hydrogen-bond acceptors (Lipinski definition) is 7. The molecule has 5 heterocycles. The summed E-state index contributed by atoms with van der Waals surface area (Å²) in [6, 6.07) is 4.19. The maximum Gasteiger partial charge on any atom is 0.227 e. The fourth-order valence-electron chi connectivity index (χ4n) is 4.19. The monoisotopic (exact) mass is 415 g/mol. The van der Waals surface area contributed by atoms with Crippen LogP contribution in [0.15, 0.2) is 30.7 Å². The van der Waals surface area contributed by atoms with Crippen LogP contribution in [0.5, 0.6) is 0 Å². The van der Waals surface area contributed by atoms with Crippen LogP contribution in [0.4, 0.5) is 17.6 Å². The van der Waals surface area contributed by atoms with Crippen molar-refractivity contribution in [3.8, 4) is 0 Å². The number of imidazole rings is 1. The first-order chi connectivity index (χ1) is 15.0. The van der Waals surface area contributed by atoms with E-state index in [-0.39, 0.29) is 0 Å². The highest BCUT2D eigenvalue weighted by atomic mass is 15.3. The van der Waals surface area contributed by atoms with E-state index in [9.17, 15) is 0 Å². The smallest absolute Gasteiger partial charge is 0.227 e. The molecule has 5 rings (SSSR count). The molecule has 1 N–H and O–H groups in total. The molecule has 9 heteroatoms. The third-order valence-corrected chi connectivity index (χ3v) is 5.60. The highest BCUT2D eigenvalue weighted by Crippen LogP contribution is 2.25. The summed E-state index contributed by atoms with van der Waals surface area (Å²) in [5, 5.41) is 7.69. The van der Waals surface area contributed by atoms with Gasteiger partial charge in [0.2, 0.25) is 5.95 Å². The van der Waals surface area contributed by atoms with E-state index in [0.717, 1.165) is 41.3 Å². The van der Waals surface area contributed by atoms with Crippen molar-refractivity contribution in [3.63, 3.8) is 0 Å². The molecule has 0 amide bonds. The first kappa shape index (κ1) is 19.5. The number of aromatic nitrogens is 7. The van der Waals surface area contributed by atoms with Crippen molar-refractivity contribution in [2.75, 3.05) is 16.8 Å². The van der Waals surface area contributed by atoms with Crippen molar-refractivity contribution < 1.29 is 0 Å². The molecule has 4 aromatic rings. The van der Waals surface area contributed by atoms with Gasteiger partial charge in [0.1, 0.15) is 23.0 Å². The zero-order valence-electron chi connectivity index (χ0n) is 17.9. The van der Waals surface area contributed by atoms with Gasteiger partial charge in [-0.25, -0.2) is 15.0 Å². The van der Waals surface area contributed by atoms with Crippen LogP contribution in [0.25, 0.3) is 11.0 Å². The van der Waals surface area contributed by atoms with Crippen molar-refractivity contribution in [1.29, 1.82) is 0 Å². The topological polar surface area (TPSA) is 89.6 Å². The van der Waals surface area contributed by atoms with Crippen LogP contribution in [-0.2, 0) is 13.0 Å². The Hall–Kier alpha value is -3.49. The van der Waals surface area contributed by atoms with Crippen molar-refractivity contribution in [3.05, 3.63) is 61.3 Å². The van der Waals surface area contributed by atoms with E-state index in [0.29, 0.717) is 24.4 Å². The van der Waals surface area contributed by atoms with Gasteiger partial charge in [0.05, 0.1) is 36.7 Å². The van der Waals surface area contributed by atoms with Crippen molar-refractivity contribution in [2.24, 2.45) is 0 Å². The Labute approximate surface area is 181 Å². The Morgan fingerprint density at radius 3 is 2.84 bits per heavy atom. The Morgan fingerprint density at radius 1 is 1.16 bits per heavy atom. The van der Waals surface area contributed by atoms with Gasteiger partial charge in [0, 0.05) is 24.8 Å². The quantitative estimate of drug-likeness (QED) is 0.534. The van der Waals surface area contributed by atoms with Crippen LogP contribution < -0.4 is 10.2 Å². The van der Waals surface area contributed by atoms with Crippen molar-refractivity contribution in [1.82, 2.24) is 34.3 Å². The highest BCUT2D eigenvalue weighted by molar-refractivity contribution is 5.79. The molecule has 9 nitrogen and oxygen atoms in total. The van der Waals surface area contributed by atoms with E-state index < -0.39 is 0 Å². The van der Waals surface area contributed by atoms with Crippen LogP contribution in [-0.4, -0.2) is 40.8 Å². The summed E-state index contributed by atoms with van der Waals surface area (Å²) in [5.74, 6) is 3.09. The predicted octanol–water partition coefficient (Wildman–Crippen LogP) is 3.46. The third-order valence-electron chi connectivity index (χ3n) is 5.60. The molecule has 0 atom stereocenters. The molecule has 0 saturated carbocycles. The van der Waals surface area contributed by atoms with E-state index in [1.807, 2.05) is 29.9 Å².